The molecule has 0 atom stereocenters. The van der Waals surface area contributed by atoms with Crippen LogP contribution in [0.3, 0.4) is 0 Å². The van der Waals surface area contributed by atoms with Crippen molar-refractivity contribution < 1.29 is 28.6 Å². The lowest BCUT2D eigenvalue weighted by Crippen LogP contribution is -3.00. The number of nitrogens with zero attached hydrogens (tertiary/aromatic N) is 1. The van der Waals surface area contributed by atoms with Crippen molar-refractivity contribution in [3.8, 4) is 0 Å². The number of fused-ring (bicyclic) bond motifs is 1. The van der Waals surface area contributed by atoms with Gasteiger partial charge in [0.25, 0.3) is 0 Å². The Balaban J connectivity index is 0.00000144. The van der Waals surface area contributed by atoms with E-state index < -0.39 is 0 Å². The molecule has 0 saturated heterocycles. The summed E-state index contributed by atoms with van der Waals surface area (Å²) in [5.41, 5.74) is 4.58. The van der Waals surface area contributed by atoms with Gasteiger partial charge in [0.15, 0.2) is 5.71 Å². The second-order valence-corrected chi connectivity index (χ2v) is 5.23. The predicted octanol–water partition coefficient (Wildman–Crippen LogP) is 0.887. The van der Waals surface area contributed by atoms with Crippen LogP contribution in [0.15, 0.2) is 24.3 Å². The second-order valence-electron chi connectivity index (χ2n) is 5.23. The van der Waals surface area contributed by atoms with Gasteiger partial charge >= 0.3 is 0 Å². The number of para-hydroxylation sites is 1. The molecule has 1 aromatic rings. The summed E-state index contributed by atoms with van der Waals surface area (Å²) in [5.74, 6) is 0. The Morgan fingerprint density at radius 1 is 1.18 bits per heavy atom. The summed E-state index contributed by atoms with van der Waals surface area (Å²) >= 11 is 0. The number of halogens is 1. The van der Waals surface area contributed by atoms with E-state index in [-0.39, 0.29) is 29.4 Å². The van der Waals surface area contributed by atoms with Gasteiger partial charge in [-0.25, -0.2) is 0 Å². The maximum atomic E-state index is 2.50. The number of rotatable bonds is 3. The van der Waals surface area contributed by atoms with Crippen LogP contribution in [0.25, 0.3) is 0 Å². The molecule has 1 aliphatic heterocycles. The second kappa shape index (κ2) is 5.51. The maximum absolute atomic E-state index is 2.50. The number of hydrogen-bond acceptors (Lipinski definition) is 0. The van der Waals surface area contributed by atoms with Crippen LogP contribution in [-0.2, 0) is 5.41 Å². The fourth-order valence-electron chi connectivity index (χ4n) is 2.55. The van der Waals surface area contributed by atoms with Crippen molar-refractivity contribution in [2.45, 2.75) is 46.0 Å². The monoisotopic (exact) mass is 343 g/mol. The first-order valence-electron chi connectivity index (χ1n) is 6.30. The van der Waals surface area contributed by atoms with Gasteiger partial charge in [0.05, 0.1) is 5.41 Å². The molecule has 0 N–H and O–H groups in total. The Morgan fingerprint density at radius 3 is 2.47 bits per heavy atom. The highest BCUT2D eigenvalue weighted by molar-refractivity contribution is 5.93. The van der Waals surface area contributed by atoms with Crippen LogP contribution in [-0.4, -0.2) is 16.8 Å². The first kappa shape index (κ1) is 14.7. The van der Waals surface area contributed by atoms with Crippen molar-refractivity contribution >= 4 is 11.4 Å². The van der Waals surface area contributed by atoms with Crippen LogP contribution < -0.4 is 24.0 Å². The van der Waals surface area contributed by atoms with Crippen molar-refractivity contribution in [1.82, 2.24) is 0 Å². The quantitative estimate of drug-likeness (QED) is 0.567. The predicted molar refractivity (Wildman–Crippen MR) is 69.8 cm³/mol. The molecule has 17 heavy (non-hydrogen) atoms. The summed E-state index contributed by atoms with van der Waals surface area (Å²) < 4.78 is 2.50. The molecule has 1 nitrogen and oxygen atoms in total. The Bertz CT molecular complexity index is 432. The van der Waals surface area contributed by atoms with Gasteiger partial charge in [-0.3, -0.25) is 0 Å². The Morgan fingerprint density at radius 2 is 1.82 bits per heavy atom. The van der Waals surface area contributed by atoms with Crippen molar-refractivity contribution in [3.63, 3.8) is 0 Å². The Kier molecular flexibility index (Phi) is 4.76. The van der Waals surface area contributed by atoms with Gasteiger partial charge in [0.2, 0.25) is 5.69 Å². The average Bonchev–Trinajstić information content (AvgIpc) is 2.47. The SMILES string of the molecule is CCCC[N+]1=C(C)C(C)(C)c2ccccc21.[I-]. The van der Waals surface area contributed by atoms with Crippen molar-refractivity contribution in [3.05, 3.63) is 29.8 Å². The van der Waals surface area contributed by atoms with E-state index in [4.69, 9.17) is 0 Å². The molecule has 0 saturated carbocycles. The van der Waals surface area contributed by atoms with Gasteiger partial charge in [-0.2, -0.15) is 4.58 Å². The summed E-state index contributed by atoms with van der Waals surface area (Å²) in [5, 5.41) is 0. The fraction of sp³-hybridized carbons (Fsp3) is 0.533. The van der Waals surface area contributed by atoms with E-state index in [2.05, 4.69) is 56.5 Å². The Labute approximate surface area is 122 Å². The highest BCUT2D eigenvalue weighted by atomic mass is 127. The van der Waals surface area contributed by atoms with Gasteiger partial charge < -0.3 is 24.0 Å². The molecule has 1 aliphatic rings. The lowest BCUT2D eigenvalue weighted by molar-refractivity contribution is -0.439. The standard InChI is InChI=1S/C15H22N.HI/c1-5-6-11-16-12(2)15(3,4)13-9-7-8-10-14(13)16;/h7-10H,5-6,11H2,1-4H3;1H/q+1;/p-1. The minimum absolute atomic E-state index is 0. The topological polar surface area (TPSA) is 3.01 Å². The number of unbranched alkanes of at least 4 members (excludes halogenated alkanes) is 1. The van der Waals surface area contributed by atoms with Crippen LogP contribution in [0, 0.1) is 0 Å². The third kappa shape index (κ3) is 2.42. The van der Waals surface area contributed by atoms with E-state index in [1.54, 1.807) is 0 Å². The molecule has 1 heterocycles. The molecule has 0 aliphatic carbocycles. The van der Waals surface area contributed by atoms with E-state index >= 15 is 0 Å². The molecule has 2 rings (SSSR count). The molecule has 0 radical (unpaired) electrons. The molecule has 0 spiro atoms. The van der Waals surface area contributed by atoms with E-state index in [0.29, 0.717) is 0 Å². The summed E-state index contributed by atoms with van der Waals surface area (Å²) in [6.45, 7) is 10.3. The highest BCUT2D eigenvalue weighted by Gasteiger charge is 2.42. The first-order chi connectivity index (χ1) is 7.59. The number of benzene rings is 1. The van der Waals surface area contributed by atoms with Gasteiger partial charge in [-0.15, -0.1) is 0 Å². The average molecular weight is 343 g/mol. The zero-order chi connectivity index (χ0) is 11.8. The van der Waals surface area contributed by atoms with Crippen LogP contribution in [0.4, 0.5) is 5.69 Å². The molecule has 0 fully saturated rings. The van der Waals surface area contributed by atoms with Crippen molar-refractivity contribution in [2.24, 2.45) is 0 Å². The van der Waals surface area contributed by atoms with Crippen LogP contribution in [0.5, 0.6) is 0 Å². The molecule has 0 aromatic heterocycles. The lowest BCUT2D eigenvalue weighted by Gasteiger charge is -2.14. The molecule has 94 valence electrons. The third-order valence-electron chi connectivity index (χ3n) is 3.91. The van der Waals surface area contributed by atoms with Gasteiger partial charge in [-0.1, -0.05) is 31.5 Å². The molecule has 2 heteroatoms. The summed E-state index contributed by atoms with van der Waals surface area (Å²) in [6.07, 6.45) is 2.52. The van der Waals surface area contributed by atoms with Crippen molar-refractivity contribution in [1.29, 1.82) is 0 Å². The summed E-state index contributed by atoms with van der Waals surface area (Å²) in [4.78, 5) is 0. The molecule has 1 aromatic carbocycles. The summed E-state index contributed by atoms with van der Waals surface area (Å²) in [6, 6.07) is 8.82. The van der Waals surface area contributed by atoms with E-state index in [1.807, 2.05) is 0 Å². The first-order valence-corrected chi connectivity index (χ1v) is 6.30. The zero-order valence-electron chi connectivity index (χ0n) is 11.3. The minimum atomic E-state index is 0. The number of hydrogen-bond donors (Lipinski definition) is 0. The molecule has 0 bridgehead atoms. The molecular weight excluding hydrogens is 321 g/mol. The van der Waals surface area contributed by atoms with Gasteiger partial charge in [-0.05, 0) is 13.8 Å². The van der Waals surface area contributed by atoms with Crippen LogP contribution >= 0.6 is 0 Å². The Hall–Kier alpha value is -0.380. The molecule has 0 unspecified atom stereocenters. The van der Waals surface area contributed by atoms with Crippen LogP contribution in [0.1, 0.15) is 46.1 Å². The third-order valence-corrected chi connectivity index (χ3v) is 3.91. The maximum Gasteiger partial charge on any atom is 0.209 e. The minimum Gasteiger partial charge on any atom is -1.00 e. The largest absolute Gasteiger partial charge is 1.00 e. The summed E-state index contributed by atoms with van der Waals surface area (Å²) in [7, 11) is 0. The normalized spacial score (nSPS) is 16.7. The van der Waals surface area contributed by atoms with E-state index in [9.17, 15) is 0 Å². The van der Waals surface area contributed by atoms with E-state index in [0.717, 1.165) is 6.54 Å². The van der Waals surface area contributed by atoms with E-state index in [1.165, 1.54) is 29.8 Å². The van der Waals surface area contributed by atoms with Gasteiger partial charge in [0.1, 0.15) is 6.54 Å². The molecule has 0 amide bonds. The highest BCUT2D eigenvalue weighted by Crippen LogP contribution is 2.39. The van der Waals surface area contributed by atoms with Gasteiger partial charge in [0, 0.05) is 25.0 Å². The smallest absolute Gasteiger partial charge is 0.209 e. The molecular formula is C15H22IN. The fourth-order valence-corrected chi connectivity index (χ4v) is 2.55. The zero-order valence-corrected chi connectivity index (χ0v) is 13.4. The van der Waals surface area contributed by atoms with Crippen LogP contribution in [0.2, 0.25) is 0 Å². The lowest BCUT2D eigenvalue weighted by atomic mass is 9.82. The van der Waals surface area contributed by atoms with Crippen molar-refractivity contribution in [2.75, 3.05) is 6.54 Å².